The highest BCUT2D eigenvalue weighted by Gasteiger charge is 2.42. The van der Waals surface area contributed by atoms with Crippen molar-refractivity contribution in [2.75, 3.05) is 6.54 Å². The van der Waals surface area contributed by atoms with E-state index in [4.69, 9.17) is 0 Å². The number of halogens is 3. The molecule has 0 radical (unpaired) electrons. The molecule has 1 aromatic rings. The number of amides is 1. The van der Waals surface area contributed by atoms with Crippen LogP contribution in [0.1, 0.15) is 35.1 Å². The van der Waals surface area contributed by atoms with E-state index >= 15 is 0 Å². The van der Waals surface area contributed by atoms with Gasteiger partial charge in [0.25, 0.3) is 5.92 Å². The van der Waals surface area contributed by atoms with Crippen molar-refractivity contribution in [2.24, 2.45) is 0 Å². The largest absolute Gasteiger partial charge is 0.349 e. The lowest BCUT2D eigenvalue weighted by Crippen LogP contribution is -2.40. The third kappa shape index (κ3) is 4.45. The van der Waals surface area contributed by atoms with Gasteiger partial charge in [0.05, 0.1) is 24.8 Å². The average Bonchev–Trinajstić information content (AvgIpc) is 2.76. The fraction of sp³-hybridized carbons (Fsp3) is 0.500. The fourth-order valence-electron chi connectivity index (χ4n) is 2.29. The van der Waals surface area contributed by atoms with Gasteiger partial charge in [0.2, 0.25) is 5.91 Å². The molecule has 0 saturated carbocycles. The molecule has 1 saturated heterocycles. The Balaban J connectivity index is 0.00000242. The molecule has 1 aromatic heterocycles. The average molecular weight is 334 g/mol. The third-order valence-corrected chi connectivity index (χ3v) is 3.39. The van der Waals surface area contributed by atoms with Crippen molar-refractivity contribution >= 4 is 24.1 Å². The van der Waals surface area contributed by atoms with Gasteiger partial charge in [-0.15, -0.1) is 12.4 Å². The van der Waals surface area contributed by atoms with Gasteiger partial charge in [0.15, 0.2) is 5.78 Å². The molecule has 2 heterocycles. The molecule has 1 atom stereocenters. The van der Waals surface area contributed by atoms with Crippen LogP contribution < -0.4 is 10.6 Å². The minimum absolute atomic E-state index is 0. The van der Waals surface area contributed by atoms with Gasteiger partial charge in [-0.25, -0.2) is 8.78 Å². The molecule has 22 heavy (non-hydrogen) atoms. The lowest BCUT2D eigenvalue weighted by Gasteiger charge is -2.11. The molecule has 2 rings (SSSR count). The first kappa shape index (κ1) is 18.4. The highest BCUT2D eigenvalue weighted by atomic mass is 35.5. The Bertz CT molecular complexity index is 581. The number of carbonyl (C=O) groups is 2. The SMILES string of the molecule is CC(=O)c1ccc(CNC(=O)C2CC(F)(F)CN2)nc1C.Cl. The van der Waals surface area contributed by atoms with E-state index in [1.54, 1.807) is 19.1 Å². The zero-order valence-electron chi connectivity index (χ0n) is 12.3. The van der Waals surface area contributed by atoms with E-state index in [0.717, 1.165) is 0 Å². The number of hydrogen-bond donors (Lipinski definition) is 2. The standard InChI is InChI=1S/C14H17F2N3O2.ClH/c1-8-11(9(2)20)4-3-10(19-8)6-17-13(21)12-5-14(15,16)7-18-12;/h3-4,12,18H,5-7H2,1-2H3,(H,17,21);1H. The lowest BCUT2D eigenvalue weighted by molar-refractivity contribution is -0.123. The number of Topliss-reactive ketones (excluding diaryl/α,β-unsaturated/α-hetero) is 1. The van der Waals surface area contributed by atoms with Crippen LogP contribution in [0.4, 0.5) is 8.78 Å². The molecule has 0 bridgehead atoms. The molecule has 1 aliphatic rings. The van der Waals surface area contributed by atoms with Crippen LogP contribution in [0.3, 0.4) is 0 Å². The molecule has 122 valence electrons. The van der Waals surface area contributed by atoms with Crippen molar-refractivity contribution < 1.29 is 18.4 Å². The van der Waals surface area contributed by atoms with Crippen molar-refractivity contribution in [3.8, 4) is 0 Å². The predicted octanol–water partition coefficient (Wildman–Crippen LogP) is 1.63. The van der Waals surface area contributed by atoms with E-state index in [0.29, 0.717) is 17.0 Å². The summed E-state index contributed by atoms with van der Waals surface area (Å²) in [5.74, 6) is -3.38. The van der Waals surface area contributed by atoms with Crippen LogP contribution in [0.15, 0.2) is 12.1 Å². The van der Waals surface area contributed by atoms with Gasteiger partial charge in [-0.2, -0.15) is 0 Å². The number of rotatable bonds is 4. The Kier molecular flexibility index (Phi) is 5.96. The molecule has 5 nitrogen and oxygen atoms in total. The van der Waals surface area contributed by atoms with E-state index in [2.05, 4.69) is 15.6 Å². The van der Waals surface area contributed by atoms with Gasteiger partial charge in [-0.3, -0.25) is 19.9 Å². The first-order valence-corrected chi connectivity index (χ1v) is 6.65. The number of aryl methyl sites for hydroxylation is 1. The summed E-state index contributed by atoms with van der Waals surface area (Å²) in [7, 11) is 0. The highest BCUT2D eigenvalue weighted by molar-refractivity contribution is 5.95. The molecule has 1 unspecified atom stereocenters. The number of ketones is 1. The van der Waals surface area contributed by atoms with Gasteiger partial charge in [0.1, 0.15) is 0 Å². The summed E-state index contributed by atoms with van der Waals surface area (Å²) in [6.45, 7) is 2.83. The molecule has 1 aliphatic heterocycles. The molecule has 0 aromatic carbocycles. The van der Waals surface area contributed by atoms with Crippen LogP contribution in [0.25, 0.3) is 0 Å². The molecular formula is C14H18ClF2N3O2. The second kappa shape index (κ2) is 7.11. The van der Waals surface area contributed by atoms with Gasteiger partial charge in [-0.1, -0.05) is 0 Å². The van der Waals surface area contributed by atoms with E-state index in [1.807, 2.05) is 0 Å². The quantitative estimate of drug-likeness (QED) is 0.822. The van der Waals surface area contributed by atoms with Crippen LogP contribution >= 0.6 is 12.4 Å². The van der Waals surface area contributed by atoms with Crippen molar-refractivity contribution in [1.82, 2.24) is 15.6 Å². The Morgan fingerprint density at radius 2 is 2.14 bits per heavy atom. The van der Waals surface area contributed by atoms with Crippen LogP contribution in [-0.2, 0) is 11.3 Å². The van der Waals surface area contributed by atoms with E-state index in [-0.39, 0.29) is 24.7 Å². The first-order chi connectivity index (χ1) is 9.78. The number of aromatic nitrogens is 1. The van der Waals surface area contributed by atoms with Crippen LogP contribution in [0.5, 0.6) is 0 Å². The van der Waals surface area contributed by atoms with E-state index in [1.165, 1.54) is 6.92 Å². The van der Waals surface area contributed by atoms with Gasteiger partial charge < -0.3 is 5.32 Å². The summed E-state index contributed by atoms with van der Waals surface area (Å²) in [6.07, 6.45) is -0.492. The number of alkyl halides is 2. The Labute approximate surface area is 133 Å². The van der Waals surface area contributed by atoms with Crippen molar-refractivity contribution in [1.29, 1.82) is 0 Å². The smallest absolute Gasteiger partial charge is 0.262 e. The minimum Gasteiger partial charge on any atom is -0.349 e. The van der Waals surface area contributed by atoms with Crippen LogP contribution in [0.2, 0.25) is 0 Å². The number of carbonyl (C=O) groups excluding carboxylic acids is 2. The molecule has 0 aliphatic carbocycles. The fourth-order valence-corrected chi connectivity index (χ4v) is 2.29. The second-order valence-corrected chi connectivity index (χ2v) is 5.20. The Hall–Kier alpha value is -1.60. The maximum atomic E-state index is 13.0. The van der Waals surface area contributed by atoms with Crippen molar-refractivity contribution in [3.63, 3.8) is 0 Å². The van der Waals surface area contributed by atoms with E-state index < -0.39 is 30.8 Å². The highest BCUT2D eigenvalue weighted by Crippen LogP contribution is 2.25. The number of nitrogens with one attached hydrogen (secondary N) is 2. The summed E-state index contributed by atoms with van der Waals surface area (Å²) < 4.78 is 26.0. The lowest BCUT2D eigenvalue weighted by atomic mass is 10.1. The molecular weight excluding hydrogens is 316 g/mol. The summed E-state index contributed by atoms with van der Waals surface area (Å²) in [5.41, 5.74) is 1.69. The number of nitrogens with zero attached hydrogens (tertiary/aromatic N) is 1. The van der Waals surface area contributed by atoms with E-state index in [9.17, 15) is 18.4 Å². The monoisotopic (exact) mass is 333 g/mol. The second-order valence-electron chi connectivity index (χ2n) is 5.20. The predicted molar refractivity (Wildman–Crippen MR) is 79.4 cm³/mol. The third-order valence-electron chi connectivity index (χ3n) is 3.39. The van der Waals surface area contributed by atoms with Gasteiger partial charge in [0, 0.05) is 17.7 Å². The summed E-state index contributed by atoms with van der Waals surface area (Å²) in [5, 5.41) is 5.06. The van der Waals surface area contributed by atoms with Gasteiger partial charge in [-0.05, 0) is 26.0 Å². The maximum absolute atomic E-state index is 13.0. The molecule has 1 amide bonds. The molecule has 8 heteroatoms. The Morgan fingerprint density at radius 3 is 2.64 bits per heavy atom. The number of pyridine rings is 1. The Morgan fingerprint density at radius 1 is 1.45 bits per heavy atom. The minimum atomic E-state index is -2.83. The normalized spacial score (nSPS) is 19.4. The summed E-state index contributed by atoms with van der Waals surface area (Å²) in [4.78, 5) is 27.3. The molecule has 0 spiro atoms. The van der Waals surface area contributed by atoms with Crippen molar-refractivity contribution in [2.45, 2.75) is 38.8 Å². The zero-order chi connectivity index (χ0) is 15.6. The molecule has 1 fully saturated rings. The first-order valence-electron chi connectivity index (χ1n) is 6.65. The summed E-state index contributed by atoms with van der Waals surface area (Å²) in [6, 6.07) is 2.41. The van der Waals surface area contributed by atoms with Crippen molar-refractivity contribution in [3.05, 3.63) is 29.1 Å². The molecule has 2 N–H and O–H groups in total. The summed E-state index contributed by atoms with van der Waals surface area (Å²) >= 11 is 0. The maximum Gasteiger partial charge on any atom is 0.262 e. The zero-order valence-corrected chi connectivity index (χ0v) is 13.1. The topological polar surface area (TPSA) is 71.1 Å². The van der Waals surface area contributed by atoms with Crippen LogP contribution in [0, 0.1) is 6.92 Å². The van der Waals surface area contributed by atoms with Crippen LogP contribution in [-0.4, -0.2) is 35.2 Å². The van der Waals surface area contributed by atoms with Gasteiger partial charge >= 0.3 is 0 Å². The number of hydrogen-bond acceptors (Lipinski definition) is 4.